The number of likely N-dealkylation sites (N-methyl/N-ethyl adjacent to an activating group) is 1. The van der Waals surface area contributed by atoms with E-state index in [2.05, 4.69) is 15.5 Å². The third-order valence-corrected chi connectivity index (χ3v) is 3.71. The van der Waals surface area contributed by atoms with E-state index < -0.39 is 6.04 Å². The monoisotopic (exact) mass is 310 g/mol. The second-order valence-corrected chi connectivity index (χ2v) is 6.15. The van der Waals surface area contributed by atoms with Crippen LogP contribution in [0.25, 0.3) is 0 Å². The van der Waals surface area contributed by atoms with Crippen molar-refractivity contribution in [3.05, 3.63) is 39.9 Å². The van der Waals surface area contributed by atoms with E-state index in [1.54, 1.807) is 12.1 Å². The maximum atomic E-state index is 12.4. The van der Waals surface area contributed by atoms with Gasteiger partial charge in [0, 0.05) is 5.02 Å². The molecular formula is C13H15ClN4OS. The summed E-state index contributed by atoms with van der Waals surface area (Å²) < 4.78 is 0. The number of hydrogen-bond donors (Lipinski definition) is 1. The molecule has 0 aliphatic carbocycles. The van der Waals surface area contributed by atoms with Crippen LogP contribution in [0.4, 0.5) is 5.13 Å². The molecule has 1 N–H and O–H groups in total. The molecule has 0 aliphatic heterocycles. The molecule has 1 atom stereocenters. The van der Waals surface area contributed by atoms with Gasteiger partial charge in [-0.3, -0.25) is 15.0 Å². The van der Waals surface area contributed by atoms with Gasteiger partial charge < -0.3 is 0 Å². The van der Waals surface area contributed by atoms with Crippen LogP contribution in [0.1, 0.15) is 16.6 Å². The summed E-state index contributed by atoms with van der Waals surface area (Å²) in [5.41, 5.74) is 0.873. The predicted molar refractivity (Wildman–Crippen MR) is 81.2 cm³/mol. The van der Waals surface area contributed by atoms with Crippen molar-refractivity contribution >= 4 is 34.0 Å². The smallest absolute Gasteiger partial charge is 0.248 e. The van der Waals surface area contributed by atoms with Crippen molar-refractivity contribution in [2.75, 3.05) is 19.4 Å². The van der Waals surface area contributed by atoms with Crippen LogP contribution >= 0.6 is 22.9 Å². The largest absolute Gasteiger partial charge is 0.299 e. The van der Waals surface area contributed by atoms with E-state index in [-0.39, 0.29) is 5.91 Å². The van der Waals surface area contributed by atoms with Gasteiger partial charge in [-0.1, -0.05) is 35.1 Å². The topological polar surface area (TPSA) is 58.1 Å². The number of anilines is 1. The maximum Gasteiger partial charge on any atom is 0.248 e. The molecule has 0 fully saturated rings. The Morgan fingerprint density at radius 3 is 2.45 bits per heavy atom. The maximum absolute atomic E-state index is 12.4. The van der Waals surface area contributed by atoms with E-state index in [9.17, 15) is 4.79 Å². The molecule has 0 bridgehead atoms. The standard InChI is InChI=1S/C13H15ClN4OS/c1-8-16-17-13(20-8)15-12(19)11(18(2)3)9-4-6-10(14)7-5-9/h4-7,11H,1-3H3,(H,15,17,19). The first-order valence-corrected chi connectivity index (χ1v) is 7.19. The molecule has 1 unspecified atom stereocenters. The van der Waals surface area contributed by atoms with Gasteiger partial charge in [-0.2, -0.15) is 0 Å². The van der Waals surface area contributed by atoms with Gasteiger partial charge in [-0.05, 0) is 38.7 Å². The SMILES string of the molecule is Cc1nnc(NC(=O)C(c2ccc(Cl)cc2)N(C)C)s1. The fourth-order valence-corrected chi connectivity index (χ4v) is 2.57. The lowest BCUT2D eigenvalue weighted by Crippen LogP contribution is -2.32. The molecule has 0 aliphatic rings. The number of aryl methyl sites for hydroxylation is 1. The van der Waals surface area contributed by atoms with Crippen molar-refractivity contribution in [3.8, 4) is 0 Å². The van der Waals surface area contributed by atoms with Crippen LogP contribution in [0.3, 0.4) is 0 Å². The zero-order chi connectivity index (χ0) is 14.7. The number of carbonyl (C=O) groups is 1. The highest BCUT2D eigenvalue weighted by molar-refractivity contribution is 7.15. The highest BCUT2D eigenvalue weighted by Gasteiger charge is 2.23. The van der Waals surface area contributed by atoms with Gasteiger partial charge >= 0.3 is 0 Å². The first kappa shape index (κ1) is 14.9. The molecule has 1 aromatic heterocycles. The molecule has 2 rings (SSSR count). The zero-order valence-electron chi connectivity index (χ0n) is 11.4. The number of nitrogens with one attached hydrogen (secondary N) is 1. The van der Waals surface area contributed by atoms with Crippen molar-refractivity contribution in [1.29, 1.82) is 0 Å². The average Bonchev–Trinajstić information content (AvgIpc) is 2.77. The van der Waals surface area contributed by atoms with Crippen LogP contribution in [-0.2, 0) is 4.79 Å². The highest BCUT2D eigenvalue weighted by atomic mass is 35.5. The molecule has 5 nitrogen and oxygen atoms in total. The minimum Gasteiger partial charge on any atom is -0.299 e. The Morgan fingerprint density at radius 1 is 1.30 bits per heavy atom. The highest BCUT2D eigenvalue weighted by Crippen LogP contribution is 2.23. The lowest BCUT2D eigenvalue weighted by Gasteiger charge is -2.23. The Kier molecular flexibility index (Phi) is 4.69. The number of rotatable bonds is 4. The lowest BCUT2D eigenvalue weighted by atomic mass is 10.1. The number of nitrogens with zero attached hydrogens (tertiary/aromatic N) is 3. The number of carbonyl (C=O) groups excluding carboxylic acids is 1. The van der Waals surface area contributed by atoms with E-state index in [0.717, 1.165) is 10.6 Å². The number of halogens is 1. The molecule has 1 heterocycles. The number of aromatic nitrogens is 2. The van der Waals surface area contributed by atoms with Gasteiger partial charge in [0.15, 0.2) is 0 Å². The van der Waals surface area contributed by atoms with Crippen LogP contribution < -0.4 is 5.32 Å². The van der Waals surface area contributed by atoms with Crippen LogP contribution in [0.2, 0.25) is 5.02 Å². The molecule has 7 heteroatoms. The summed E-state index contributed by atoms with van der Waals surface area (Å²) in [6.45, 7) is 1.84. The number of benzene rings is 1. The van der Waals surface area contributed by atoms with Crippen molar-refractivity contribution in [2.24, 2.45) is 0 Å². The van der Waals surface area contributed by atoms with Crippen LogP contribution in [0.5, 0.6) is 0 Å². The molecule has 0 radical (unpaired) electrons. The van der Waals surface area contributed by atoms with E-state index in [4.69, 9.17) is 11.6 Å². The molecule has 106 valence electrons. The Labute approximate surface area is 126 Å². The second-order valence-electron chi connectivity index (χ2n) is 4.53. The molecule has 0 spiro atoms. The quantitative estimate of drug-likeness (QED) is 0.943. The minimum absolute atomic E-state index is 0.145. The first-order valence-electron chi connectivity index (χ1n) is 6.00. The molecule has 1 aromatic carbocycles. The summed E-state index contributed by atoms with van der Waals surface area (Å²) in [5, 5.41) is 12.5. The fourth-order valence-electron chi connectivity index (χ4n) is 1.85. The van der Waals surface area contributed by atoms with Crippen molar-refractivity contribution in [3.63, 3.8) is 0 Å². The third kappa shape index (κ3) is 3.53. The number of amides is 1. The van der Waals surface area contributed by atoms with E-state index in [1.165, 1.54) is 11.3 Å². The van der Waals surface area contributed by atoms with Gasteiger partial charge in [0.05, 0.1) is 0 Å². The average molecular weight is 311 g/mol. The minimum atomic E-state index is -0.406. The summed E-state index contributed by atoms with van der Waals surface area (Å²) in [6.07, 6.45) is 0. The normalized spacial score (nSPS) is 12.4. The van der Waals surface area contributed by atoms with Crippen LogP contribution in [0.15, 0.2) is 24.3 Å². The Bertz CT molecular complexity index is 597. The van der Waals surface area contributed by atoms with Gasteiger partial charge in [0.25, 0.3) is 0 Å². The van der Waals surface area contributed by atoms with Gasteiger partial charge in [-0.15, -0.1) is 10.2 Å². The summed E-state index contributed by atoms with van der Waals surface area (Å²) in [7, 11) is 3.70. The molecule has 2 aromatic rings. The van der Waals surface area contributed by atoms with E-state index in [1.807, 2.05) is 38.1 Å². The van der Waals surface area contributed by atoms with Crippen molar-refractivity contribution in [2.45, 2.75) is 13.0 Å². The van der Waals surface area contributed by atoms with Crippen molar-refractivity contribution in [1.82, 2.24) is 15.1 Å². The van der Waals surface area contributed by atoms with Gasteiger partial charge in [0.2, 0.25) is 11.0 Å². The fraction of sp³-hybridized carbons (Fsp3) is 0.308. The second kappa shape index (κ2) is 6.30. The van der Waals surface area contributed by atoms with Gasteiger partial charge in [-0.25, -0.2) is 0 Å². The van der Waals surface area contributed by atoms with Crippen molar-refractivity contribution < 1.29 is 4.79 Å². The molecule has 1 amide bonds. The van der Waals surface area contributed by atoms with E-state index >= 15 is 0 Å². The van der Waals surface area contributed by atoms with Gasteiger partial charge in [0.1, 0.15) is 11.0 Å². The van der Waals surface area contributed by atoms with E-state index in [0.29, 0.717) is 10.2 Å². The summed E-state index contributed by atoms with van der Waals surface area (Å²) in [4.78, 5) is 14.2. The Balaban J connectivity index is 2.20. The summed E-state index contributed by atoms with van der Waals surface area (Å²) in [5.74, 6) is -0.145. The lowest BCUT2D eigenvalue weighted by molar-refractivity contribution is -0.120. The zero-order valence-corrected chi connectivity index (χ0v) is 13.0. The summed E-state index contributed by atoms with van der Waals surface area (Å²) >= 11 is 7.23. The predicted octanol–water partition coefficient (Wildman–Crippen LogP) is 2.74. The summed E-state index contributed by atoms with van der Waals surface area (Å²) in [6, 6.07) is 6.83. The molecular weight excluding hydrogens is 296 g/mol. The Hall–Kier alpha value is -1.50. The van der Waals surface area contributed by atoms with Crippen LogP contribution in [0, 0.1) is 6.92 Å². The first-order chi connectivity index (χ1) is 9.47. The molecule has 20 heavy (non-hydrogen) atoms. The molecule has 0 saturated heterocycles. The van der Waals surface area contributed by atoms with Crippen LogP contribution in [-0.4, -0.2) is 35.1 Å². The number of hydrogen-bond acceptors (Lipinski definition) is 5. The third-order valence-electron chi connectivity index (χ3n) is 2.71. The Morgan fingerprint density at radius 2 is 1.95 bits per heavy atom. The molecule has 0 saturated carbocycles.